The molecule has 0 aliphatic rings. The van der Waals surface area contributed by atoms with E-state index in [1.54, 1.807) is 6.07 Å². The van der Waals surface area contributed by atoms with Crippen molar-refractivity contribution in [3.05, 3.63) is 65.2 Å². The highest BCUT2D eigenvalue weighted by atomic mass is 19.3. The minimum Gasteiger partial charge on any atom is -0.377 e. The van der Waals surface area contributed by atoms with Gasteiger partial charge in [0.1, 0.15) is 0 Å². The fourth-order valence-corrected chi connectivity index (χ4v) is 2.11. The van der Waals surface area contributed by atoms with Gasteiger partial charge in [-0.2, -0.15) is 0 Å². The summed E-state index contributed by atoms with van der Waals surface area (Å²) in [5, 5.41) is 3.31. The maximum absolute atomic E-state index is 12.8. The molecule has 2 aromatic carbocycles. The normalized spacial score (nSPS) is 12.4. The first kappa shape index (κ1) is 14.5. The first-order chi connectivity index (χ1) is 9.61. The molecular formula is C16H18F2N2. The van der Waals surface area contributed by atoms with Gasteiger partial charge in [-0.25, -0.2) is 8.78 Å². The highest BCUT2D eigenvalue weighted by molar-refractivity contribution is 5.52. The van der Waals surface area contributed by atoms with E-state index in [0.717, 1.165) is 16.8 Å². The van der Waals surface area contributed by atoms with Crippen LogP contribution in [0.5, 0.6) is 0 Å². The van der Waals surface area contributed by atoms with Gasteiger partial charge in [-0.15, -0.1) is 0 Å². The van der Waals surface area contributed by atoms with E-state index in [-0.39, 0.29) is 11.6 Å². The molecule has 0 amide bonds. The number of anilines is 1. The Morgan fingerprint density at radius 2 is 1.75 bits per heavy atom. The highest BCUT2D eigenvalue weighted by Crippen LogP contribution is 2.25. The summed E-state index contributed by atoms with van der Waals surface area (Å²) >= 11 is 0. The molecule has 0 bridgehead atoms. The van der Waals surface area contributed by atoms with Crippen molar-refractivity contribution >= 4 is 5.69 Å². The molecule has 0 radical (unpaired) electrons. The molecule has 20 heavy (non-hydrogen) atoms. The number of hydrogen-bond donors (Lipinski definition) is 2. The molecular weight excluding hydrogens is 258 g/mol. The number of rotatable bonds is 5. The molecule has 0 spiro atoms. The molecule has 0 aliphatic carbocycles. The van der Waals surface area contributed by atoms with Crippen LogP contribution in [0, 0.1) is 6.92 Å². The van der Waals surface area contributed by atoms with E-state index in [4.69, 9.17) is 5.73 Å². The van der Waals surface area contributed by atoms with Crippen LogP contribution >= 0.6 is 0 Å². The van der Waals surface area contributed by atoms with E-state index in [1.165, 1.54) is 12.1 Å². The Morgan fingerprint density at radius 1 is 1.05 bits per heavy atom. The lowest BCUT2D eigenvalue weighted by molar-refractivity contribution is 0.151. The minimum absolute atomic E-state index is 0.0209. The Bertz CT molecular complexity index is 570. The Hall–Kier alpha value is -1.94. The molecule has 0 saturated carbocycles. The molecule has 3 N–H and O–H groups in total. The number of alkyl halides is 2. The summed E-state index contributed by atoms with van der Waals surface area (Å²) in [6.45, 7) is 2.33. The third-order valence-corrected chi connectivity index (χ3v) is 3.28. The summed E-state index contributed by atoms with van der Waals surface area (Å²) in [5.74, 6) is 0. The van der Waals surface area contributed by atoms with Crippen LogP contribution in [0.25, 0.3) is 0 Å². The zero-order valence-electron chi connectivity index (χ0n) is 11.3. The maximum atomic E-state index is 12.8. The van der Waals surface area contributed by atoms with Crippen LogP contribution in [0.1, 0.15) is 29.2 Å². The summed E-state index contributed by atoms with van der Waals surface area (Å²) in [7, 11) is 0. The molecule has 1 unspecified atom stereocenters. The fourth-order valence-electron chi connectivity index (χ4n) is 2.11. The van der Waals surface area contributed by atoms with Crippen molar-refractivity contribution in [1.82, 2.24) is 0 Å². The minimum atomic E-state index is -2.47. The van der Waals surface area contributed by atoms with Gasteiger partial charge >= 0.3 is 0 Å². The van der Waals surface area contributed by atoms with Gasteiger partial charge in [0, 0.05) is 17.8 Å². The Kier molecular flexibility index (Phi) is 4.69. The quantitative estimate of drug-likeness (QED) is 0.864. The lowest BCUT2D eigenvalue weighted by Crippen LogP contribution is -2.21. The van der Waals surface area contributed by atoms with Gasteiger partial charge in [-0.05, 0) is 30.2 Å². The van der Waals surface area contributed by atoms with Crippen molar-refractivity contribution in [1.29, 1.82) is 0 Å². The number of nitrogens with one attached hydrogen (secondary N) is 1. The average molecular weight is 276 g/mol. The molecule has 2 nitrogen and oxygen atoms in total. The Morgan fingerprint density at radius 3 is 2.40 bits per heavy atom. The number of nitrogens with two attached hydrogens (primary N) is 1. The number of halogens is 2. The second-order valence-electron chi connectivity index (χ2n) is 4.72. The maximum Gasteiger partial charge on any atom is 0.263 e. The predicted octanol–water partition coefficient (Wildman–Crippen LogP) is 4.04. The zero-order valence-corrected chi connectivity index (χ0v) is 11.3. The van der Waals surface area contributed by atoms with E-state index in [9.17, 15) is 8.78 Å². The van der Waals surface area contributed by atoms with Gasteiger partial charge in [0.15, 0.2) is 0 Å². The number of benzene rings is 2. The summed E-state index contributed by atoms with van der Waals surface area (Å²) in [5.41, 5.74) is 8.63. The summed E-state index contributed by atoms with van der Waals surface area (Å²) in [6.07, 6.45) is -2.47. The van der Waals surface area contributed by atoms with Crippen molar-refractivity contribution in [2.75, 3.05) is 11.9 Å². The molecule has 4 heteroatoms. The number of aryl methyl sites for hydroxylation is 1. The summed E-state index contributed by atoms with van der Waals surface area (Å²) in [6, 6.07) is 14.0. The molecule has 0 aliphatic heterocycles. The lowest BCUT2D eigenvalue weighted by Gasteiger charge is -2.20. The van der Waals surface area contributed by atoms with Gasteiger partial charge in [-0.3, -0.25) is 0 Å². The van der Waals surface area contributed by atoms with E-state index in [1.807, 2.05) is 37.3 Å². The zero-order chi connectivity index (χ0) is 14.5. The first-order valence-corrected chi connectivity index (χ1v) is 6.52. The predicted molar refractivity (Wildman–Crippen MR) is 78.0 cm³/mol. The second kappa shape index (κ2) is 6.48. The Labute approximate surface area is 117 Å². The molecule has 106 valence electrons. The van der Waals surface area contributed by atoms with Crippen LogP contribution in [-0.2, 0) is 0 Å². The molecule has 2 aromatic rings. The first-order valence-electron chi connectivity index (χ1n) is 6.52. The Balaban J connectivity index is 2.24. The van der Waals surface area contributed by atoms with E-state index >= 15 is 0 Å². The van der Waals surface area contributed by atoms with Crippen LogP contribution in [0.15, 0.2) is 48.5 Å². The fraction of sp³-hybridized carbons (Fsp3) is 0.250. The van der Waals surface area contributed by atoms with E-state index in [0.29, 0.717) is 6.54 Å². The van der Waals surface area contributed by atoms with E-state index < -0.39 is 6.43 Å². The van der Waals surface area contributed by atoms with Gasteiger partial charge in [0.25, 0.3) is 6.43 Å². The average Bonchev–Trinajstić information content (AvgIpc) is 2.46. The molecule has 2 rings (SSSR count). The van der Waals surface area contributed by atoms with Crippen molar-refractivity contribution in [3.8, 4) is 0 Å². The van der Waals surface area contributed by atoms with Crippen molar-refractivity contribution in [2.45, 2.75) is 19.4 Å². The van der Waals surface area contributed by atoms with Crippen LogP contribution in [0.3, 0.4) is 0 Å². The third-order valence-electron chi connectivity index (χ3n) is 3.28. The van der Waals surface area contributed by atoms with Crippen LogP contribution in [0.4, 0.5) is 14.5 Å². The molecule has 1 atom stereocenters. The van der Waals surface area contributed by atoms with Crippen molar-refractivity contribution < 1.29 is 8.78 Å². The monoisotopic (exact) mass is 276 g/mol. The van der Waals surface area contributed by atoms with Gasteiger partial charge in [0.05, 0.1) is 6.04 Å². The topological polar surface area (TPSA) is 38.0 Å². The number of para-hydroxylation sites is 1. The smallest absolute Gasteiger partial charge is 0.263 e. The largest absolute Gasteiger partial charge is 0.377 e. The molecule has 0 aromatic heterocycles. The highest BCUT2D eigenvalue weighted by Gasteiger charge is 2.13. The van der Waals surface area contributed by atoms with E-state index in [2.05, 4.69) is 5.32 Å². The molecule has 0 saturated heterocycles. The van der Waals surface area contributed by atoms with Crippen LogP contribution < -0.4 is 11.1 Å². The van der Waals surface area contributed by atoms with Gasteiger partial charge < -0.3 is 11.1 Å². The third kappa shape index (κ3) is 3.33. The van der Waals surface area contributed by atoms with Crippen molar-refractivity contribution in [3.63, 3.8) is 0 Å². The summed E-state index contributed by atoms with van der Waals surface area (Å²) in [4.78, 5) is 0. The van der Waals surface area contributed by atoms with Gasteiger partial charge in [-0.1, -0.05) is 36.4 Å². The number of hydrogen-bond acceptors (Lipinski definition) is 2. The van der Waals surface area contributed by atoms with Crippen LogP contribution in [-0.4, -0.2) is 6.54 Å². The molecule has 0 heterocycles. The van der Waals surface area contributed by atoms with Crippen LogP contribution in [0.2, 0.25) is 0 Å². The molecule has 0 fully saturated rings. The SMILES string of the molecule is Cc1ccccc1NC(CN)c1cccc(C(F)F)c1. The summed E-state index contributed by atoms with van der Waals surface area (Å²) < 4.78 is 25.5. The van der Waals surface area contributed by atoms with Gasteiger partial charge in [0.2, 0.25) is 0 Å². The standard InChI is InChI=1S/C16H18F2N2/c1-11-5-2-3-8-14(11)20-15(10-19)12-6-4-7-13(9-12)16(17)18/h2-9,15-16,20H,10,19H2,1H3. The van der Waals surface area contributed by atoms with Crippen molar-refractivity contribution in [2.24, 2.45) is 5.73 Å². The lowest BCUT2D eigenvalue weighted by atomic mass is 10.0. The second-order valence-corrected chi connectivity index (χ2v) is 4.72.